The molecule has 0 bridgehead atoms. The number of hydrogen-bond donors (Lipinski definition) is 0. The maximum absolute atomic E-state index is 13.2. The molecule has 1 aromatic rings. The highest BCUT2D eigenvalue weighted by Crippen LogP contribution is 2.26. The summed E-state index contributed by atoms with van der Waals surface area (Å²) in [5.41, 5.74) is -0.146. The minimum absolute atomic E-state index is 0.128. The predicted octanol–water partition coefficient (Wildman–Crippen LogP) is 3.53. The molecule has 0 fully saturated rings. The zero-order chi connectivity index (χ0) is 11.6. The highest BCUT2D eigenvalue weighted by atomic mass is 19.3. The van der Waals surface area contributed by atoms with Gasteiger partial charge < -0.3 is 0 Å². The Hall–Kier alpha value is -1.32. The summed E-state index contributed by atoms with van der Waals surface area (Å²) in [5.74, 6) is -1.34. The van der Waals surface area contributed by atoms with E-state index < -0.39 is 18.0 Å². The van der Waals surface area contributed by atoms with Gasteiger partial charge in [-0.1, -0.05) is 6.92 Å². The van der Waals surface area contributed by atoms with Crippen molar-refractivity contribution in [2.24, 2.45) is 0 Å². The number of carbonyl (C=O) groups excluding carboxylic acids is 1. The van der Waals surface area contributed by atoms with Crippen molar-refractivity contribution in [2.75, 3.05) is 0 Å². The van der Waals surface area contributed by atoms with E-state index in [9.17, 15) is 18.0 Å². The number of hydrogen-bond acceptors (Lipinski definition) is 1. The third-order valence-electron chi connectivity index (χ3n) is 2.22. The van der Waals surface area contributed by atoms with Crippen LogP contribution in [0.5, 0.6) is 0 Å². The number of halogens is 3. The van der Waals surface area contributed by atoms with Crippen LogP contribution in [0.4, 0.5) is 13.2 Å². The summed E-state index contributed by atoms with van der Waals surface area (Å²) in [6.07, 6.45) is -2.37. The summed E-state index contributed by atoms with van der Waals surface area (Å²) in [6, 6.07) is 1.96. The topological polar surface area (TPSA) is 17.1 Å². The molecule has 15 heavy (non-hydrogen) atoms. The highest BCUT2D eigenvalue weighted by molar-refractivity contribution is 5.94. The van der Waals surface area contributed by atoms with Gasteiger partial charge in [0.25, 0.3) is 6.43 Å². The van der Waals surface area contributed by atoms with Crippen molar-refractivity contribution in [1.29, 1.82) is 0 Å². The van der Waals surface area contributed by atoms with Crippen molar-refractivity contribution in [2.45, 2.75) is 26.7 Å². The van der Waals surface area contributed by atoms with E-state index in [0.717, 1.165) is 6.07 Å². The number of benzene rings is 1. The van der Waals surface area contributed by atoms with E-state index in [1.807, 2.05) is 0 Å². The van der Waals surface area contributed by atoms with Gasteiger partial charge in [0.2, 0.25) is 0 Å². The molecule has 0 saturated heterocycles. The van der Waals surface area contributed by atoms with Gasteiger partial charge in [-0.25, -0.2) is 13.2 Å². The molecule has 0 spiro atoms. The lowest BCUT2D eigenvalue weighted by molar-refractivity contribution is 0.101. The lowest BCUT2D eigenvalue weighted by Crippen LogP contribution is -2.03. The Morgan fingerprint density at radius 2 is 2.00 bits per heavy atom. The minimum Gasteiger partial charge on any atom is -0.294 e. The lowest BCUT2D eigenvalue weighted by atomic mass is 10.00. The summed E-state index contributed by atoms with van der Waals surface area (Å²) in [5, 5.41) is 0. The number of alkyl halides is 2. The Kier molecular flexibility index (Phi) is 3.50. The summed E-state index contributed by atoms with van der Waals surface area (Å²) < 4.78 is 38.2. The third kappa shape index (κ3) is 2.37. The zero-order valence-electron chi connectivity index (χ0n) is 8.48. The molecular weight excluding hydrogens is 205 g/mol. The van der Waals surface area contributed by atoms with E-state index in [1.165, 1.54) is 13.0 Å². The molecule has 0 radical (unpaired) electrons. The zero-order valence-corrected chi connectivity index (χ0v) is 8.48. The van der Waals surface area contributed by atoms with Crippen LogP contribution >= 0.6 is 0 Å². The van der Waals surface area contributed by atoms with Gasteiger partial charge in [-0.2, -0.15) is 0 Å². The van der Waals surface area contributed by atoms with Crippen LogP contribution in [0.3, 0.4) is 0 Å². The van der Waals surface area contributed by atoms with Crippen molar-refractivity contribution >= 4 is 5.78 Å². The molecule has 0 aliphatic heterocycles. The van der Waals surface area contributed by atoms with Crippen molar-refractivity contribution in [1.82, 2.24) is 0 Å². The molecule has 0 amide bonds. The van der Waals surface area contributed by atoms with Crippen LogP contribution in [-0.4, -0.2) is 5.78 Å². The van der Waals surface area contributed by atoms with Gasteiger partial charge in [0.1, 0.15) is 5.82 Å². The molecule has 1 nitrogen and oxygen atoms in total. The maximum Gasteiger partial charge on any atom is 0.264 e. The maximum atomic E-state index is 13.2. The Bertz CT molecular complexity index is 386. The molecule has 0 aliphatic rings. The Morgan fingerprint density at radius 1 is 1.40 bits per heavy atom. The SMILES string of the molecule is CCc1cc(C(C)=O)c(F)cc1C(F)F. The van der Waals surface area contributed by atoms with Gasteiger partial charge in [-0.15, -0.1) is 0 Å². The van der Waals surface area contributed by atoms with E-state index >= 15 is 0 Å². The molecule has 0 aliphatic carbocycles. The molecule has 0 unspecified atom stereocenters. The van der Waals surface area contributed by atoms with Crippen LogP contribution in [0.2, 0.25) is 0 Å². The third-order valence-corrected chi connectivity index (χ3v) is 2.22. The summed E-state index contributed by atoms with van der Waals surface area (Å²) >= 11 is 0. The summed E-state index contributed by atoms with van der Waals surface area (Å²) in [6.45, 7) is 2.89. The molecule has 82 valence electrons. The van der Waals surface area contributed by atoms with E-state index in [2.05, 4.69) is 0 Å². The normalized spacial score (nSPS) is 10.8. The van der Waals surface area contributed by atoms with Gasteiger partial charge in [0.05, 0.1) is 5.56 Å². The van der Waals surface area contributed by atoms with Crippen molar-refractivity contribution in [3.63, 3.8) is 0 Å². The molecule has 4 heteroatoms. The van der Waals surface area contributed by atoms with Crippen LogP contribution in [-0.2, 0) is 6.42 Å². The van der Waals surface area contributed by atoms with Gasteiger partial charge in [0, 0.05) is 5.56 Å². The molecule has 0 saturated carbocycles. The molecule has 0 aromatic heterocycles. The number of ketones is 1. The second-order valence-corrected chi connectivity index (χ2v) is 3.24. The number of Topliss-reactive ketones (excluding diaryl/α,β-unsaturated/α-hetero) is 1. The minimum atomic E-state index is -2.71. The molecule has 1 aromatic carbocycles. The molecule has 1 rings (SSSR count). The van der Waals surface area contributed by atoms with Gasteiger partial charge in [-0.3, -0.25) is 4.79 Å². The first-order chi connectivity index (χ1) is 6.97. The van der Waals surface area contributed by atoms with Gasteiger partial charge >= 0.3 is 0 Å². The molecule has 0 heterocycles. The largest absolute Gasteiger partial charge is 0.294 e. The van der Waals surface area contributed by atoms with E-state index in [-0.39, 0.29) is 11.1 Å². The average molecular weight is 216 g/mol. The van der Waals surface area contributed by atoms with E-state index in [4.69, 9.17) is 0 Å². The van der Waals surface area contributed by atoms with Crippen LogP contribution in [0.1, 0.15) is 41.8 Å². The fourth-order valence-corrected chi connectivity index (χ4v) is 1.41. The van der Waals surface area contributed by atoms with Crippen LogP contribution in [0.25, 0.3) is 0 Å². The first kappa shape index (κ1) is 11.8. The smallest absolute Gasteiger partial charge is 0.264 e. The second kappa shape index (κ2) is 4.47. The van der Waals surface area contributed by atoms with Gasteiger partial charge in [0.15, 0.2) is 5.78 Å². The van der Waals surface area contributed by atoms with E-state index in [1.54, 1.807) is 6.92 Å². The van der Waals surface area contributed by atoms with E-state index in [0.29, 0.717) is 12.0 Å². The number of rotatable bonds is 3. The van der Waals surface area contributed by atoms with Crippen molar-refractivity contribution < 1.29 is 18.0 Å². The summed E-state index contributed by atoms with van der Waals surface area (Å²) in [4.78, 5) is 11.0. The lowest BCUT2D eigenvalue weighted by Gasteiger charge is -2.09. The Labute approximate surface area is 85.9 Å². The number of aryl methyl sites for hydroxylation is 1. The molecular formula is C11H11F3O. The number of carbonyl (C=O) groups is 1. The standard InChI is InChI=1S/C11H11F3O/c1-3-7-4-8(6(2)15)10(12)5-9(7)11(13)14/h4-5,11H,3H2,1-2H3. The van der Waals surface area contributed by atoms with Crippen LogP contribution in [0, 0.1) is 5.82 Å². The van der Waals surface area contributed by atoms with Gasteiger partial charge in [-0.05, 0) is 31.0 Å². The fourth-order valence-electron chi connectivity index (χ4n) is 1.41. The first-order valence-electron chi connectivity index (χ1n) is 4.58. The molecule has 0 atom stereocenters. The van der Waals surface area contributed by atoms with Crippen molar-refractivity contribution in [3.8, 4) is 0 Å². The fraction of sp³-hybridized carbons (Fsp3) is 0.364. The quantitative estimate of drug-likeness (QED) is 0.706. The van der Waals surface area contributed by atoms with Crippen LogP contribution < -0.4 is 0 Å². The second-order valence-electron chi connectivity index (χ2n) is 3.24. The van der Waals surface area contributed by atoms with Crippen molar-refractivity contribution in [3.05, 3.63) is 34.6 Å². The van der Waals surface area contributed by atoms with Crippen LogP contribution in [0.15, 0.2) is 12.1 Å². The Balaban J connectivity index is 3.35. The summed E-state index contributed by atoms with van der Waals surface area (Å²) in [7, 11) is 0. The average Bonchev–Trinajstić information content (AvgIpc) is 2.16. The Morgan fingerprint density at radius 3 is 2.40 bits per heavy atom. The highest BCUT2D eigenvalue weighted by Gasteiger charge is 2.17. The first-order valence-corrected chi connectivity index (χ1v) is 4.58. The predicted molar refractivity (Wildman–Crippen MR) is 50.7 cm³/mol. The molecule has 0 N–H and O–H groups in total. The monoisotopic (exact) mass is 216 g/mol.